The lowest BCUT2D eigenvalue weighted by Gasteiger charge is -2.23. The largest absolute Gasteiger partial charge is 0.377 e. The van der Waals surface area contributed by atoms with Crippen molar-refractivity contribution in [2.45, 2.75) is 51.1 Å². The fraction of sp³-hybridized carbons (Fsp3) is 0.417. The van der Waals surface area contributed by atoms with E-state index in [4.69, 9.17) is 0 Å². The van der Waals surface area contributed by atoms with E-state index in [2.05, 4.69) is 16.0 Å². The van der Waals surface area contributed by atoms with Gasteiger partial charge in [-0.3, -0.25) is 4.79 Å². The van der Waals surface area contributed by atoms with Gasteiger partial charge in [-0.2, -0.15) is 0 Å². The lowest BCUT2D eigenvalue weighted by atomic mass is 9.96. The molecule has 1 atom stereocenters. The third kappa shape index (κ3) is 5.75. The summed E-state index contributed by atoms with van der Waals surface area (Å²) in [5.41, 5.74) is 2.97. The van der Waals surface area contributed by atoms with Crippen LogP contribution < -0.4 is 20.9 Å². The number of urea groups is 1. The maximum atomic E-state index is 13.0. The molecule has 0 bridgehead atoms. The molecule has 30 heavy (non-hydrogen) atoms. The minimum Gasteiger partial charge on any atom is -0.377 e. The van der Waals surface area contributed by atoms with Crippen LogP contribution in [0.4, 0.5) is 16.2 Å². The normalized spacial score (nSPS) is 15.2. The molecule has 0 aliphatic heterocycles. The molecule has 3 amide bonds. The van der Waals surface area contributed by atoms with Gasteiger partial charge in [0.25, 0.3) is 5.91 Å². The maximum absolute atomic E-state index is 13.0. The van der Waals surface area contributed by atoms with Gasteiger partial charge in [0.2, 0.25) is 0 Å². The van der Waals surface area contributed by atoms with Gasteiger partial charge in [-0.1, -0.05) is 49.6 Å². The SMILES string of the molecule is CC(NC(=O)c1cc(NC(=O)NC2CCCCC2)ccc1N(C)C)c1ccccc1. The number of rotatable bonds is 6. The highest BCUT2D eigenvalue weighted by Crippen LogP contribution is 2.24. The summed E-state index contributed by atoms with van der Waals surface area (Å²) < 4.78 is 0. The summed E-state index contributed by atoms with van der Waals surface area (Å²) in [5, 5.41) is 8.99. The zero-order valence-electron chi connectivity index (χ0n) is 18.1. The van der Waals surface area contributed by atoms with Crippen LogP contribution in [0, 0.1) is 0 Å². The predicted molar refractivity (Wildman–Crippen MR) is 122 cm³/mol. The summed E-state index contributed by atoms with van der Waals surface area (Å²) in [4.78, 5) is 27.3. The number of hydrogen-bond donors (Lipinski definition) is 3. The second-order valence-corrected chi connectivity index (χ2v) is 8.17. The standard InChI is InChI=1S/C24H32N4O2/c1-17(18-10-6-4-7-11-18)25-23(29)21-16-20(14-15-22(21)28(2)3)27-24(30)26-19-12-8-5-9-13-19/h4,6-7,10-11,14-17,19H,5,8-9,12-13H2,1-3H3,(H,25,29)(H2,26,27,30). The third-order valence-electron chi connectivity index (χ3n) is 5.57. The van der Waals surface area contributed by atoms with E-state index in [1.165, 1.54) is 6.42 Å². The molecule has 0 aromatic heterocycles. The van der Waals surface area contributed by atoms with Crippen LogP contribution in [-0.2, 0) is 0 Å². The number of amides is 3. The first-order valence-electron chi connectivity index (χ1n) is 10.7. The molecule has 2 aromatic rings. The molecule has 1 aliphatic carbocycles. The Kier molecular flexibility index (Phi) is 7.33. The molecule has 0 radical (unpaired) electrons. The van der Waals surface area contributed by atoms with Crippen molar-refractivity contribution in [2.75, 3.05) is 24.3 Å². The summed E-state index contributed by atoms with van der Waals surface area (Å²) >= 11 is 0. The molecule has 6 nitrogen and oxygen atoms in total. The van der Waals surface area contributed by atoms with E-state index in [1.807, 2.05) is 68.4 Å². The highest BCUT2D eigenvalue weighted by molar-refractivity contribution is 6.02. The number of anilines is 2. The summed E-state index contributed by atoms with van der Waals surface area (Å²) in [6.07, 6.45) is 5.61. The molecule has 1 unspecified atom stereocenters. The molecule has 0 saturated heterocycles. The van der Waals surface area contributed by atoms with Gasteiger partial charge >= 0.3 is 6.03 Å². The number of carbonyl (C=O) groups excluding carboxylic acids is 2. The summed E-state index contributed by atoms with van der Waals surface area (Å²) in [6.45, 7) is 1.96. The van der Waals surface area contributed by atoms with Gasteiger partial charge in [0, 0.05) is 31.5 Å². The first kappa shape index (κ1) is 21.7. The topological polar surface area (TPSA) is 73.5 Å². The number of nitrogens with one attached hydrogen (secondary N) is 3. The number of carbonyl (C=O) groups is 2. The van der Waals surface area contributed by atoms with Crippen molar-refractivity contribution in [3.8, 4) is 0 Å². The van der Waals surface area contributed by atoms with Crippen LogP contribution in [0.1, 0.15) is 61.0 Å². The molecular weight excluding hydrogens is 376 g/mol. The molecular formula is C24H32N4O2. The van der Waals surface area contributed by atoms with Gasteiger partial charge < -0.3 is 20.9 Å². The first-order chi connectivity index (χ1) is 14.4. The van der Waals surface area contributed by atoms with Gasteiger partial charge in [0.1, 0.15) is 0 Å². The van der Waals surface area contributed by atoms with Crippen LogP contribution in [0.2, 0.25) is 0 Å². The van der Waals surface area contributed by atoms with Crippen molar-refractivity contribution in [1.29, 1.82) is 0 Å². The van der Waals surface area contributed by atoms with Gasteiger partial charge in [-0.25, -0.2) is 4.79 Å². The molecule has 3 rings (SSSR count). The quantitative estimate of drug-likeness (QED) is 0.649. The molecule has 1 fully saturated rings. The average molecular weight is 409 g/mol. The molecule has 1 saturated carbocycles. The summed E-state index contributed by atoms with van der Waals surface area (Å²) in [6, 6.07) is 15.2. The average Bonchev–Trinajstić information content (AvgIpc) is 2.74. The van der Waals surface area contributed by atoms with Crippen LogP contribution >= 0.6 is 0 Å². The van der Waals surface area contributed by atoms with E-state index < -0.39 is 0 Å². The highest BCUT2D eigenvalue weighted by atomic mass is 16.2. The van der Waals surface area contributed by atoms with Crippen molar-refractivity contribution in [3.05, 3.63) is 59.7 Å². The zero-order chi connectivity index (χ0) is 21.5. The molecule has 1 aliphatic rings. The van der Waals surface area contributed by atoms with E-state index in [-0.39, 0.29) is 24.0 Å². The fourth-order valence-corrected chi connectivity index (χ4v) is 3.88. The van der Waals surface area contributed by atoms with Crippen LogP contribution in [-0.4, -0.2) is 32.1 Å². The van der Waals surface area contributed by atoms with Crippen LogP contribution in [0.5, 0.6) is 0 Å². The fourth-order valence-electron chi connectivity index (χ4n) is 3.88. The van der Waals surface area contributed by atoms with E-state index in [9.17, 15) is 9.59 Å². The third-order valence-corrected chi connectivity index (χ3v) is 5.57. The van der Waals surface area contributed by atoms with Gasteiger partial charge in [0.15, 0.2) is 0 Å². The molecule has 2 aromatic carbocycles. The van der Waals surface area contributed by atoms with Crippen molar-refractivity contribution in [3.63, 3.8) is 0 Å². The lowest BCUT2D eigenvalue weighted by molar-refractivity contribution is 0.0940. The number of nitrogens with zero attached hydrogens (tertiary/aromatic N) is 1. The van der Waals surface area contributed by atoms with E-state index in [1.54, 1.807) is 6.07 Å². The van der Waals surface area contributed by atoms with Crippen LogP contribution in [0.15, 0.2) is 48.5 Å². The first-order valence-corrected chi connectivity index (χ1v) is 10.7. The van der Waals surface area contributed by atoms with Gasteiger partial charge in [-0.15, -0.1) is 0 Å². The Hall–Kier alpha value is -3.02. The Bertz CT molecular complexity index is 861. The van der Waals surface area contributed by atoms with Crippen molar-refractivity contribution in [1.82, 2.24) is 10.6 Å². The minimum absolute atomic E-state index is 0.125. The van der Waals surface area contributed by atoms with E-state index in [0.29, 0.717) is 11.3 Å². The number of benzene rings is 2. The van der Waals surface area contributed by atoms with Crippen LogP contribution in [0.3, 0.4) is 0 Å². The Balaban J connectivity index is 1.72. The maximum Gasteiger partial charge on any atom is 0.319 e. The Morgan fingerprint density at radius 2 is 1.70 bits per heavy atom. The van der Waals surface area contributed by atoms with E-state index >= 15 is 0 Å². The summed E-state index contributed by atoms with van der Waals surface area (Å²) in [7, 11) is 3.80. The number of hydrogen-bond acceptors (Lipinski definition) is 3. The van der Waals surface area contributed by atoms with Gasteiger partial charge in [0.05, 0.1) is 11.6 Å². The van der Waals surface area contributed by atoms with Crippen molar-refractivity contribution >= 4 is 23.3 Å². The van der Waals surface area contributed by atoms with Gasteiger partial charge in [-0.05, 0) is 43.5 Å². The van der Waals surface area contributed by atoms with Crippen LogP contribution in [0.25, 0.3) is 0 Å². The van der Waals surface area contributed by atoms with Crippen molar-refractivity contribution < 1.29 is 9.59 Å². The molecule has 0 spiro atoms. The molecule has 160 valence electrons. The van der Waals surface area contributed by atoms with E-state index in [0.717, 1.165) is 36.9 Å². The minimum atomic E-state index is -0.219. The Morgan fingerprint density at radius 1 is 1.00 bits per heavy atom. The summed E-state index contributed by atoms with van der Waals surface area (Å²) in [5.74, 6) is -0.175. The Morgan fingerprint density at radius 3 is 2.37 bits per heavy atom. The predicted octanol–water partition coefficient (Wildman–Crippen LogP) is 4.70. The smallest absolute Gasteiger partial charge is 0.319 e. The second-order valence-electron chi connectivity index (χ2n) is 8.17. The molecule has 3 N–H and O–H groups in total. The molecule has 6 heteroatoms. The van der Waals surface area contributed by atoms with Crippen molar-refractivity contribution in [2.24, 2.45) is 0 Å². The lowest BCUT2D eigenvalue weighted by Crippen LogP contribution is -2.39. The zero-order valence-corrected chi connectivity index (χ0v) is 18.1. The Labute approximate surface area is 179 Å². The second kappa shape index (κ2) is 10.1. The monoisotopic (exact) mass is 408 g/mol. The molecule has 0 heterocycles. The highest BCUT2D eigenvalue weighted by Gasteiger charge is 2.19.